The molecule has 0 aliphatic carbocycles. The smallest absolute Gasteiger partial charge is 0.130 e. The van der Waals surface area contributed by atoms with Gasteiger partial charge in [-0.2, -0.15) is 0 Å². The summed E-state index contributed by atoms with van der Waals surface area (Å²) >= 11 is 0. The van der Waals surface area contributed by atoms with Crippen molar-refractivity contribution in [2.24, 2.45) is 0 Å². The van der Waals surface area contributed by atoms with Crippen molar-refractivity contribution in [1.29, 1.82) is 0 Å². The van der Waals surface area contributed by atoms with Crippen LogP contribution in [0.15, 0.2) is 54.6 Å². The molecule has 0 spiro atoms. The Labute approximate surface area is 173 Å². The Morgan fingerprint density at radius 3 is 2.39 bits per heavy atom. The largest absolute Gasteiger partial charge is 0.494 e. The molecule has 3 rings (SSSR count). The molecule has 1 aromatic heterocycles. The quantitative estimate of drug-likeness (QED) is 0.504. The van der Waals surface area contributed by atoms with Gasteiger partial charge in [0.05, 0.1) is 17.8 Å². The molecule has 0 radical (unpaired) electrons. The van der Waals surface area contributed by atoms with Crippen LogP contribution in [0.25, 0.3) is 22.2 Å². The molecule has 0 amide bonds. The molecular weight excluding hydrogens is 372 g/mol. The normalized spacial score (nSPS) is 11.9. The van der Waals surface area contributed by atoms with Crippen LogP contribution >= 0.6 is 12.4 Å². The fourth-order valence-corrected chi connectivity index (χ4v) is 2.71. The van der Waals surface area contributed by atoms with Gasteiger partial charge in [0.25, 0.3) is 0 Å². The molecule has 1 unspecified atom stereocenters. The lowest BCUT2D eigenvalue weighted by molar-refractivity contribution is 0.200. The Hall–Kier alpha value is -2.30. The number of pyridine rings is 1. The second-order valence-electron chi connectivity index (χ2n) is 7.02. The maximum atomic E-state index is 6.18. The lowest BCUT2D eigenvalue weighted by Gasteiger charge is -2.21. The van der Waals surface area contributed by atoms with E-state index in [2.05, 4.69) is 38.9 Å². The molecule has 0 saturated heterocycles. The van der Waals surface area contributed by atoms with Crippen molar-refractivity contribution < 1.29 is 9.47 Å². The Balaban J connectivity index is 0.00000280. The van der Waals surface area contributed by atoms with E-state index in [-0.39, 0.29) is 12.4 Å². The predicted octanol–water partition coefficient (Wildman–Crippen LogP) is 5.44. The highest BCUT2D eigenvalue weighted by Gasteiger charge is 2.11. The summed E-state index contributed by atoms with van der Waals surface area (Å²) in [7, 11) is 4.12. The van der Waals surface area contributed by atoms with E-state index in [0.29, 0.717) is 12.6 Å². The highest BCUT2D eigenvalue weighted by Crippen LogP contribution is 2.31. The Bertz CT molecular complexity index is 881. The fraction of sp³-hybridized carbons (Fsp3) is 0.348. The number of hydrogen-bond acceptors (Lipinski definition) is 4. The molecule has 1 atom stereocenters. The van der Waals surface area contributed by atoms with Crippen LogP contribution in [0.3, 0.4) is 0 Å². The zero-order chi connectivity index (χ0) is 19.2. The first-order valence-electron chi connectivity index (χ1n) is 9.50. The lowest BCUT2D eigenvalue weighted by Crippen LogP contribution is -2.30. The first-order valence-corrected chi connectivity index (χ1v) is 9.50. The van der Waals surface area contributed by atoms with Crippen molar-refractivity contribution in [3.8, 4) is 22.8 Å². The topological polar surface area (TPSA) is 34.6 Å². The molecule has 0 aliphatic heterocycles. The van der Waals surface area contributed by atoms with Gasteiger partial charge in [-0.1, -0.05) is 19.1 Å². The molecule has 0 fully saturated rings. The van der Waals surface area contributed by atoms with E-state index in [0.717, 1.165) is 46.7 Å². The van der Waals surface area contributed by atoms with E-state index < -0.39 is 0 Å². The summed E-state index contributed by atoms with van der Waals surface area (Å²) in [5.74, 6) is 1.76. The maximum Gasteiger partial charge on any atom is 0.130 e. The number of likely N-dealkylation sites (N-methyl/N-ethyl adjacent to an activating group) is 1. The van der Waals surface area contributed by atoms with E-state index in [9.17, 15) is 0 Å². The van der Waals surface area contributed by atoms with Crippen LogP contribution in [-0.4, -0.2) is 43.2 Å². The molecule has 28 heavy (non-hydrogen) atoms. The standard InChI is InChI=1S/C23H28N2O2.ClH/c1-5-14-26-19-12-10-18(11-13-19)22-15-23(27-16-17(2)25(3)4)20-8-6-7-9-21(20)24-22;/h6-13,15,17H,5,14,16H2,1-4H3;1H. The van der Waals surface area contributed by atoms with Gasteiger partial charge in [0.15, 0.2) is 0 Å². The Morgan fingerprint density at radius 1 is 1.00 bits per heavy atom. The molecule has 0 aliphatic rings. The first-order chi connectivity index (χ1) is 13.1. The first kappa shape index (κ1) is 22.0. The summed E-state index contributed by atoms with van der Waals surface area (Å²) in [5.41, 5.74) is 2.90. The van der Waals surface area contributed by atoms with Gasteiger partial charge in [0.1, 0.15) is 18.1 Å². The molecule has 1 heterocycles. The minimum absolute atomic E-state index is 0. The fourth-order valence-electron chi connectivity index (χ4n) is 2.71. The molecule has 2 aromatic carbocycles. The van der Waals surface area contributed by atoms with Crippen LogP contribution in [0.4, 0.5) is 0 Å². The number of nitrogens with zero attached hydrogens (tertiary/aromatic N) is 2. The predicted molar refractivity (Wildman–Crippen MR) is 119 cm³/mol. The molecule has 5 heteroatoms. The monoisotopic (exact) mass is 400 g/mol. The molecule has 3 aromatic rings. The van der Waals surface area contributed by atoms with Gasteiger partial charge in [-0.15, -0.1) is 12.4 Å². The minimum Gasteiger partial charge on any atom is -0.494 e. The average Bonchev–Trinajstić information content (AvgIpc) is 2.70. The lowest BCUT2D eigenvalue weighted by atomic mass is 10.1. The summed E-state index contributed by atoms with van der Waals surface area (Å²) in [6.07, 6.45) is 1.00. The number of ether oxygens (including phenoxy) is 2. The Morgan fingerprint density at radius 2 is 1.71 bits per heavy atom. The van der Waals surface area contributed by atoms with Crippen LogP contribution in [0, 0.1) is 0 Å². The summed E-state index contributed by atoms with van der Waals surface area (Å²) < 4.78 is 11.9. The van der Waals surface area contributed by atoms with Crippen molar-refractivity contribution in [1.82, 2.24) is 9.88 Å². The molecule has 0 N–H and O–H groups in total. The van der Waals surface area contributed by atoms with Crippen LogP contribution in [0.1, 0.15) is 20.3 Å². The second-order valence-corrected chi connectivity index (χ2v) is 7.02. The number of para-hydroxylation sites is 1. The highest BCUT2D eigenvalue weighted by atomic mass is 35.5. The second kappa shape index (κ2) is 10.3. The number of halogens is 1. The third-order valence-corrected chi connectivity index (χ3v) is 4.66. The highest BCUT2D eigenvalue weighted by molar-refractivity contribution is 5.88. The Kier molecular flexibility index (Phi) is 8.09. The van der Waals surface area contributed by atoms with Crippen molar-refractivity contribution in [2.75, 3.05) is 27.3 Å². The molecule has 150 valence electrons. The number of fused-ring (bicyclic) bond motifs is 1. The summed E-state index contributed by atoms with van der Waals surface area (Å²) in [4.78, 5) is 6.98. The number of aromatic nitrogens is 1. The number of rotatable bonds is 8. The van der Waals surface area contributed by atoms with Gasteiger partial charge >= 0.3 is 0 Å². The summed E-state index contributed by atoms with van der Waals surface area (Å²) in [6.45, 7) is 5.62. The minimum atomic E-state index is 0. The van der Waals surface area contributed by atoms with Crippen molar-refractivity contribution in [3.05, 3.63) is 54.6 Å². The van der Waals surface area contributed by atoms with Crippen molar-refractivity contribution in [3.63, 3.8) is 0 Å². The van der Waals surface area contributed by atoms with E-state index in [1.807, 2.05) is 48.5 Å². The van der Waals surface area contributed by atoms with E-state index in [1.165, 1.54) is 0 Å². The van der Waals surface area contributed by atoms with Crippen LogP contribution in [0.5, 0.6) is 11.5 Å². The third-order valence-electron chi connectivity index (χ3n) is 4.66. The van der Waals surface area contributed by atoms with E-state index in [4.69, 9.17) is 14.5 Å². The van der Waals surface area contributed by atoms with Gasteiger partial charge in [-0.05, 0) is 63.8 Å². The van der Waals surface area contributed by atoms with Crippen LogP contribution in [0.2, 0.25) is 0 Å². The average molecular weight is 401 g/mol. The van der Waals surface area contributed by atoms with Gasteiger partial charge in [0, 0.05) is 23.1 Å². The van der Waals surface area contributed by atoms with Gasteiger partial charge in [0.2, 0.25) is 0 Å². The zero-order valence-electron chi connectivity index (χ0n) is 17.0. The summed E-state index contributed by atoms with van der Waals surface area (Å²) in [6, 6.07) is 18.6. The van der Waals surface area contributed by atoms with Crippen molar-refractivity contribution in [2.45, 2.75) is 26.3 Å². The maximum absolute atomic E-state index is 6.18. The van der Waals surface area contributed by atoms with Crippen molar-refractivity contribution >= 4 is 23.3 Å². The van der Waals surface area contributed by atoms with Crippen LogP contribution in [-0.2, 0) is 0 Å². The van der Waals surface area contributed by atoms with Gasteiger partial charge < -0.3 is 14.4 Å². The summed E-state index contributed by atoms with van der Waals surface area (Å²) in [5, 5.41) is 1.04. The molecule has 4 nitrogen and oxygen atoms in total. The van der Waals surface area contributed by atoms with Crippen LogP contribution < -0.4 is 9.47 Å². The van der Waals surface area contributed by atoms with Gasteiger partial charge in [-0.3, -0.25) is 0 Å². The SMILES string of the molecule is CCCOc1ccc(-c2cc(OCC(C)N(C)C)c3ccccc3n2)cc1.Cl. The third kappa shape index (κ3) is 5.37. The van der Waals surface area contributed by atoms with E-state index >= 15 is 0 Å². The molecule has 0 bridgehead atoms. The van der Waals surface area contributed by atoms with E-state index in [1.54, 1.807) is 0 Å². The molecular formula is C23H29ClN2O2. The number of hydrogen-bond donors (Lipinski definition) is 0. The zero-order valence-corrected chi connectivity index (χ0v) is 17.8. The molecule has 0 saturated carbocycles. The van der Waals surface area contributed by atoms with Gasteiger partial charge in [-0.25, -0.2) is 4.98 Å². The number of benzene rings is 2.